The number of rotatable bonds is 4. The fourth-order valence-corrected chi connectivity index (χ4v) is 5.44. The zero-order valence-electron chi connectivity index (χ0n) is 18.6. The Hall–Kier alpha value is -3.43. The van der Waals surface area contributed by atoms with Gasteiger partial charge >= 0.3 is 0 Å². The molecule has 0 spiro atoms. The van der Waals surface area contributed by atoms with Gasteiger partial charge in [-0.1, -0.05) is 0 Å². The van der Waals surface area contributed by atoms with Crippen molar-refractivity contribution in [2.75, 3.05) is 43.1 Å². The van der Waals surface area contributed by atoms with Crippen molar-refractivity contribution in [1.82, 2.24) is 20.6 Å². The maximum absolute atomic E-state index is 13.6. The molecular weight excluding hydrogens is 423 g/mol. The van der Waals surface area contributed by atoms with Crippen LogP contribution in [0.2, 0.25) is 0 Å². The van der Waals surface area contributed by atoms with Crippen molar-refractivity contribution in [2.24, 2.45) is 21.8 Å². The highest BCUT2D eigenvalue weighted by Gasteiger charge is 2.44. The van der Waals surface area contributed by atoms with Crippen molar-refractivity contribution < 1.29 is 9.13 Å². The number of fused-ring (bicyclic) bond motifs is 3. The van der Waals surface area contributed by atoms with E-state index >= 15 is 0 Å². The molecule has 2 aromatic rings. The number of hydrogen-bond acceptors (Lipinski definition) is 7. The Bertz CT molecular complexity index is 1080. The summed E-state index contributed by atoms with van der Waals surface area (Å²) in [4.78, 5) is 14.4. The van der Waals surface area contributed by atoms with Gasteiger partial charge in [0.15, 0.2) is 0 Å². The third kappa shape index (κ3) is 3.63. The number of benzene rings is 1. The molecule has 33 heavy (non-hydrogen) atoms. The predicted octanol–water partition coefficient (Wildman–Crippen LogP) is 2.28. The van der Waals surface area contributed by atoms with Crippen molar-refractivity contribution in [3.05, 3.63) is 42.3 Å². The molecule has 3 aliphatic heterocycles. The van der Waals surface area contributed by atoms with Gasteiger partial charge in [-0.15, -0.1) is 5.10 Å². The van der Waals surface area contributed by atoms with E-state index in [2.05, 4.69) is 25.5 Å². The second-order valence-corrected chi connectivity index (χ2v) is 9.01. The number of hydrazine groups is 1. The highest BCUT2D eigenvalue weighted by molar-refractivity contribution is 6.21. The molecule has 1 aromatic carbocycles. The molecular formula is C23H27FN8O. The summed E-state index contributed by atoms with van der Waals surface area (Å²) in [5.41, 5.74) is 5.38. The Morgan fingerprint density at radius 3 is 2.67 bits per heavy atom. The van der Waals surface area contributed by atoms with Crippen LogP contribution in [0.15, 0.2) is 46.5 Å². The van der Waals surface area contributed by atoms with Gasteiger partial charge in [-0.2, -0.15) is 5.10 Å². The third-order valence-corrected chi connectivity index (χ3v) is 7.01. The molecule has 1 aromatic heterocycles. The normalized spacial score (nSPS) is 27.5. The highest BCUT2D eigenvalue weighted by atomic mass is 19.1. The number of hydrogen-bond donors (Lipinski definition) is 1. The largest absolute Gasteiger partial charge is 0.480 e. The molecule has 2 atom stereocenters. The molecule has 2 unspecified atom stereocenters. The number of nitrogens with zero attached hydrogens (tertiary/aromatic N) is 7. The van der Waals surface area contributed by atoms with Crippen LogP contribution in [-0.4, -0.2) is 66.5 Å². The smallest absolute Gasteiger partial charge is 0.235 e. The lowest BCUT2D eigenvalue weighted by Gasteiger charge is -2.37. The van der Waals surface area contributed by atoms with Crippen molar-refractivity contribution in [1.29, 1.82) is 0 Å². The summed E-state index contributed by atoms with van der Waals surface area (Å²) in [7, 11) is 1.61. The summed E-state index contributed by atoms with van der Waals surface area (Å²) in [5.74, 6) is 2.80. The lowest BCUT2D eigenvalue weighted by molar-refractivity contribution is 0.347. The van der Waals surface area contributed by atoms with Gasteiger partial charge in [0.2, 0.25) is 17.8 Å². The zero-order chi connectivity index (χ0) is 22.4. The van der Waals surface area contributed by atoms with Gasteiger partial charge in [-0.05, 0) is 55.4 Å². The van der Waals surface area contributed by atoms with Crippen LogP contribution in [0.5, 0.6) is 5.88 Å². The van der Waals surface area contributed by atoms with Crippen LogP contribution < -0.4 is 20.0 Å². The minimum Gasteiger partial charge on any atom is -0.480 e. The van der Waals surface area contributed by atoms with Crippen molar-refractivity contribution in [2.45, 2.75) is 25.3 Å². The van der Waals surface area contributed by atoms with Crippen LogP contribution in [-0.2, 0) is 0 Å². The first-order valence-corrected chi connectivity index (χ1v) is 11.5. The molecule has 0 amide bonds. The number of aliphatic imine (C=N–C) groups is 2. The molecule has 2 saturated heterocycles. The number of aromatic nitrogens is 2. The van der Waals surface area contributed by atoms with E-state index in [9.17, 15) is 4.39 Å². The summed E-state index contributed by atoms with van der Waals surface area (Å²) in [6.07, 6.45) is 5.10. The Labute approximate surface area is 191 Å². The highest BCUT2D eigenvalue weighted by Crippen LogP contribution is 2.41. The predicted molar refractivity (Wildman–Crippen MR) is 124 cm³/mol. The van der Waals surface area contributed by atoms with Crippen LogP contribution >= 0.6 is 0 Å². The van der Waals surface area contributed by atoms with E-state index in [1.807, 2.05) is 11.0 Å². The topological polar surface area (TPSA) is 81.5 Å². The minimum atomic E-state index is -0.250. The average Bonchev–Trinajstić information content (AvgIpc) is 3.31. The molecule has 172 valence electrons. The quantitative estimate of drug-likeness (QED) is 0.765. The maximum atomic E-state index is 13.6. The summed E-state index contributed by atoms with van der Waals surface area (Å²) in [6.45, 7) is 3.51. The zero-order valence-corrected chi connectivity index (χ0v) is 18.6. The van der Waals surface area contributed by atoms with Gasteiger partial charge < -0.3 is 9.64 Å². The lowest BCUT2D eigenvalue weighted by atomic mass is 9.92. The van der Waals surface area contributed by atoms with Crippen LogP contribution in [0, 0.1) is 17.7 Å². The fraction of sp³-hybridized carbons (Fsp3) is 0.478. The van der Waals surface area contributed by atoms with E-state index in [-0.39, 0.29) is 11.9 Å². The summed E-state index contributed by atoms with van der Waals surface area (Å²) < 4.78 is 18.8. The first kappa shape index (κ1) is 20.2. The van der Waals surface area contributed by atoms with Crippen LogP contribution in [0.3, 0.4) is 0 Å². The first-order chi connectivity index (χ1) is 16.2. The molecule has 2 bridgehead atoms. The lowest BCUT2D eigenvalue weighted by Crippen LogP contribution is -2.46. The van der Waals surface area contributed by atoms with E-state index in [1.54, 1.807) is 25.4 Å². The standard InChI is InChI=1S/C23H27FN8O/c1-33-20-11-19(12-26-28-20)30-13-15-3-4-16(14-30)21(15)27-22-29-31-10-2-9-25-23(31)32(22)18-7-5-17(24)6-8-18/h5-8,11-12,15-16,21H,2-4,9-10,13-14H2,1H3,(H,27,29). The maximum Gasteiger partial charge on any atom is 0.235 e. The fourth-order valence-electron chi connectivity index (χ4n) is 5.44. The number of methoxy groups -OCH3 is 1. The number of guanidine groups is 2. The minimum absolute atomic E-state index is 0.227. The second-order valence-electron chi connectivity index (χ2n) is 9.01. The molecule has 6 rings (SSSR count). The number of halogens is 1. The van der Waals surface area contributed by atoms with E-state index in [1.165, 1.54) is 12.1 Å². The van der Waals surface area contributed by atoms with Gasteiger partial charge in [0.1, 0.15) is 5.82 Å². The molecule has 3 fully saturated rings. The Morgan fingerprint density at radius 1 is 1.12 bits per heavy atom. The molecule has 1 N–H and O–H groups in total. The Balaban J connectivity index is 1.28. The van der Waals surface area contributed by atoms with Gasteiger partial charge in [-0.3, -0.25) is 15.4 Å². The van der Waals surface area contributed by atoms with Crippen LogP contribution in [0.1, 0.15) is 19.3 Å². The molecule has 9 nitrogen and oxygen atoms in total. The van der Waals surface area contributed by atoms with Gasteiger partial charge in [0.05, 0.1) is 30.7 Å². The molecule has 1 aliphatic carbocycles. The molecule has 10 heteroatoms. The van der Waals surface area contributed by atoms with E-state index in [0.29, 0.717) is 17.7 Å². The van der Waals surface area contributed by atoms with E-state index in [0.717, 1.165) is 68.7 Å². The average molecular weight is 451 g/mol. The van der Waals surface area contributed by atoms with Crippen molar-refractivity contribution >= 4 is 23.3 Å². The molecule has 1 saturated carbocycles. The van der Waals surface area contributed by atoms with Gasteiger partial charge in [0.25, 0.3) is 0 Å². The first-order valence-electron chi connectivity index (χ1n) is 11.5. The van der Waals surface area contributed by atoms with Crippen LogP contribution in [0.25, 0.3) is 0 Å². The molecule has 4 aliphatic rings. The molecule has 0 radical (unpaired) electrons. The number of ether oxygens (including phenoxy) is 1. The third-order valence-electron chi connectivity index (χ3n) is 7.01. The summed E-state index contributed by atoms with van der Waals surface area (Å²) >= 11 is 0. The monoisotopic (exact) mass is 450 g/mol. The van der Waals surface area contributed by atoms with Gasteiger partial charge in [-0.25, -0.2) is 14.3 Å². The van der Waals surface area contributed by atoms with Crippen LogP contribution in [0.4, 0.5) is 15.8 Å². The Morgan fingerprint density at radius 2 is 1.91 bits per heavy atom. The van der Waals surface area contributed by atoms with Crippen molar-refractivity contribution in [3.63, 3.8) is 0 Å². The Kier molecular flexibility index (Phi) is 5.00. The van der Waals surface area contributed by atoms with Gasteiger partial charge in [0, 0.05) is 32.2 Å². The molecule has 4 heterocycles. The van der Waals surface area contributed by atoms with Crippen molar-refractivity contribution in [3.8, 4) is 5.88 Å². The number of piperidine rings is 1. The second kappa shape index (κ2) is 8.17. The van der Waals surface area contributed by atoms with E-state index < -0.39 is 0 Å². The summed E-state index contributed by atoms with van der Waals surface area (Å²) in [6, 6.07) is 8.72. The summed E-state index contributed by atoms with van der Waals surface area (Å²) in [5, 5.41) is 10.1. The number of anilines is 2. The number of nitrogens with one attached hydrogen (secondary N) is 1. The SMILES string of the molecule is COc1cc(N2CC3CCC(C2)C3N=C2NN3CCCN=C3N2c2ccc(F)cc2)cnn1. The van der Waals surface area contributed by atoms with E-state index in [4.69, 9.17) is 14.7 Å².